The zero-order valence-corrected chi connectivity index (χ0v) is 21.9. The Morgan fingerprint density at radius 2 is 0.871 bits per heavy atom. The van der Waals surface area contributed by atoms with Crippen molar-refractivity contribution < 1.29 is 56.0 Å². The number of para-hydroxylation sites is 2. The number of benzene rings is 2. The van der Waals surface area contributed by atoms with Crippen LogP contribution in [0.2, 0.25) is 0 Å². The molecule has 0 radical (unpaired) electrons. The van der Waals surface area contributed by atoms with Crippen LogP contribution in [-0.4, -0.2) is 39.5 Å². The van der Waals surface area contributed by atoms with Gasteiger partial charge >= 0.3 is 21.7 Å². The Balaban J connectivity index is -0.000000337. The van der Waals surface area contributed by atoms with Crippen molar-refractivity contribution in [1.29, 1.82) is 0 Å². The molecule has 4 nitrogen and oxygen atoms in total. The van der Waals surface area contributed by atoms with Gasteiger partial charge in [0, 0.05) is 26.4 Å². The van der Waals surface area contributed by atoms with Crippen LogP contribution in [0, 0.1) is 0 Å². The number of nitrogens with zero attached hydrogens (tertiary/aromatic N) is 2. The molecule has 2 heterocycles. The summed E-state index contributed by atoms with van der Waals surface area (Å²) >= 11 is 0. The molecule has 0 aromatic heterocycles. The number of rotatable bonds is 4. The molecule has 172 valence electrons. The Bertz CT molecular complexity index is 491. The summed E-state index contributed by atoms with van der Waals surface area (Å²) in [7, 11) is 0. The Labute approximate surface area is 217 Å². The van der Waals surface area contributed by atoms with Gasteiger partial charge in [0.2, 0.25) is 0 Å². The second-order valence-electron chi connectivity index (χ2n) is 6.26. The van der Waals surface area contributed by atoms with Gasteiger partial charge in [0.15, 0.2) is 0 Å². The van der Waals surface area contributed by atoms with E-state index in [0.29, 0.717) is 0 Å². The van der Waals surface area contributed by atoms with Crippen molar-refractivity contribution in [3.63, 3.8) is 0 Å². The molecule has 0 N–H and O–H groups in total. The zero-order valence-electron chi connectivity index (χ0n) is 18.8. The molecule has 0 spiro atoms. The van der Waals surface area contributed by atoms with Crippen molar-refractivity contribution >= 4 is 11.4 Å². The molecule has 0 saturated carbocycles. The Hall–Kier alpha value is -0.746. The minimum absolute atomic E-state index is 0. The normalized spacial score (nSPS) is 13.0. The largest absolute Gasteiger partial charge is 4.00 e. The summed E-state index contributed by atoms with van der Waals surface area (Å²) < 4.78 is 9.89. The van der Waals surface area contributed by atoms with E-state index in [0.717, 1.165) is 50.9 Å². The van der Waals surface area contributed by atoms with Gasteiger partial charge in [0.25, 0.3) is 0 Å². The molecule has 31 heavy (non-hydrogen) atoms. The van der Waals surface area contributed by atoms with E-state index in [-0.39, 0.29) is 46.5 Å². The first-order valence-electron chi connectivity index (χ1n) is 10.5. The first-order chi connectivity index (χ1) is 13.9. The van der Waals surface area contributed by atoms with Crippen LogP contribution in [0.4, 0.5) is 11.4 Å². The monoisotopic (exact) mass is 502 g/mol. The Morgan fingerprint density at radius 3 is 1.06 bits per heavy atom. The van der Waals surface area contributed by atoms with Crippen LogP contribution in [0.1, 0.15) is 39.5 Å². The van der Waals surface area contributed by atoms with Gasteiger partial charge in [-0.3, -0.25) is 0 Å². The van der Waals surface area contributed by atoms with Crippen LogP contribution in [0.15, 0.2) is 60.7 Å². The summed E-state index contributed by atoms with van der Waals surface area (Å²) in [5, 5.41) is 8.41. The van der Waals surface area contributed by atoms with Crippen LogP contribution in [0.3, 0.4) is 0 Å². The fourth-order valence-corrected chi connectivity index (χ4v) is 2.45. The van der Waals surface area contributed by atoms with Gasteiger partial charge in [-0.05, 0) is 25.7 Å². The van der Waals surface area contributed by atoms with Gasteiger partial charge < -0.3 is 44.9 Å². The van der Waals surface area contributed by atoms with Gasteiger partial charge in [-0.25, -0.2) is 0 Å². The maximum absolute atomic E-state index is 4.94. The quantitative estimate of drug-likeness (QED) is 0.586. The van der Waals surface area contributed by atoms with Crippen molar-refractivity contribution in [2.75, 3.05) is 39.5 Å². The summed E-state index contributed by atoms with van der Waals surface area (Å²) in [6.45, 7) is 9.80. The van der Waals surface area contributed by atoms with Crippen LogP contribution in [0.25, 0.3) is 10.6 Å². The summed E-state index contributed by atoms with van der Waals surface area (Å²) in [5.74, 6) is 0. The van der Waals surface area contributed by atoms with E-state index in [9.17, 15) is 0 Å². The van der Waals surface area contributed by atoms with Gasteiger partial charge in [-0.1, -0.05) is 74.5 Å². The third-order valence-electron chi connectivity index (χ3n) is 3.85. The van der Waals surface area contributed by atoms with E-state index in [2.05, 4.69) is 10.6 Å². The predicted molar refractivity (Wildman–Crippen MR) is 120 cm³/mol. The molecule has 0 bridgehead atoms. The molecule has 2 aliphatic heterocycles. The second kappa shape index (κ2) is 27.3. The van der Waals surface area contributed by atoms with Crippen molar-refractivity contribution in [1.82, 2.24) is 0 Å². The molecule has 2 fully saturated rings. The standard InChI is InChI=1S/2C8H10N.2C4H8O.2ClH.Ti/c2*1-2-9-8-6-4-3-5-7-8;2*1-2-4-5-3-1;;;/h2*3-7H,2H2,1H3;2*1-4H2;2*1H;/q2*-1;;;;;+4/p-2. The molecule has 0 amide bonds. The van der Waals surface area contributed by atoms with Crippen molar-refractivity contribution in [2.45, 2.75) is 39.5 Å². The maximum atomic E-state index is 4.94. The number of ether oxygens (including phenoxy) is 2. The molecule has 2 aromatic rings. The van der Waals surface area contributed by atoms with E-state index >= 15 is 0 Å². The first-order valence-corrected chi connectivity index (χ1v) is 10.5. The molecule has 0 atom stereocenters. The van der Waals surface area contributed by atoms with E-state index < -0.39 is 0 Å². The smallest absolute Gasteiger partial charge is 1.00 e. The summed E-state index contributed by atoms with van der Waals surface area (Å²) in [5.41, 5.74) is 2.14. The fourth-order valence-electron chi connectivity index (χ4n) is 2.45. The summed E-state index contributed by atoms with van der Waals surface area (Å²) in [6.07, 6.45) is 5.11. The summed E-state index contributed by atoms with van der Waals surface area (Å²) in [6, 6.07) is 20.0. The minimum atomic E-state index is 0. The van der Waals surface area contributed by atoms with Gasteiger partial charge in [-0.15, -0.1) is 24.5 Å². The van der Waals surface area contributed by atoms with E-state index in [1.54, 1.807) is 0 Å². The topological polar surface area (TPSA) is 46.7 Å². The molecule has 2 saturated heterocycles. The first kappa shape index (κ1) is 34.9. The van der Waals surface area contributed by atoms with Gasteiger partial charge in [0.05, 0.1) is 0 Å². The SMILES string of the molecule is C1CCOC1.C1CCOC1.CC[N-]c1ccccc1.CC[N-]c1ccccc1.[Cl-].[Cl-].[Ti+4]. The molecule has 2 aromatic carbocycles. The van der Waals surface area contributed by atoms with Crippen LogP contribution in [-0.2, 0) is 31.2 Å². The minimum Gasteiger partial charge on any atom is -1.00 e. The summed E-state index contributed by atoms with van der Waals surface area (Å²) in [4.78, 5) is 0. The van der Waals surface area contributed by atoms with Crippen LogP contribution >= 0.6 is 0 Å². The molecule has 0 aliphatic carbocycles. The van der Waals surface area contributed by atoms with Crippen molar-refractivity contribution in [3.05, 3.63) is 71.3 Å². The number of halogens is 2. The van der Waals surface area contributed by atoms with Crippen LogP contribution < -0.4 is 24.8 Å². The third-order valence-corrected chi connectivity index (χ3v) is 3.85. The van der Waals surface area contributed by atoms with Crippen LogP contribution in [0.5, 0.6) is 0 Å². The van der Waals surface area contributed by atoms with Gasteiger partial charge in [-0.2, -0.15) is 0 Å². The average Bonchev–Trinajstić information content (AvgIpc) is 3.50. The molecular weight excluding hydrogens is 467 g/mol. The maximum Gasteiger partial charge on any atom is 4.00 e. The van der Waals surface area contributed by atoms with E-state index in [4.69, 9.17) is 9.47 Å². The second-order valence-corrected chi connectivity index (χ2v) is 6.26. The molecule has 2 aliphatic rings. The van der Waals surface area contributed by atoms with E-state index in [1.807, 2.05) is 74.5 Å². The molecular formula is C24H36Cl2N2O2Ti. The molecule has 4 rings (SSSR count). The number of hydrogen-bond acceptors (Lipinski definition) is 2. The molecule has 7 heteroatoms. The van der Waals surface area contributed by atoms with Crippen molar-refractivity contribution in [3.8, 4) is 0 Å². The average molecular weight is 503 g/mol. The van der Waals surface area contributed by atoms with E-state index in [1.165, 1.54) is 25.7 Å². The molecule has 0 unspecified atom stereocenters. The fraction of sp³-hybridized carbons (Fsp3) is 0.500. The Morgan fingerprint density at radius 1 is 0.581 bits per heavy atom. The van der Waals surface area contributed by atoms with Gasteiger partial charge in [0.1, 0.15) is 0 Å². The number of hydrogen-bond donors (Lipinski definition) is 0. The zero-order chi connectivity index (χ0) is 20.1. The predicted octanol–water partition coefficient (Wildman–Crippen LogP) is 1.02. The Kier molecular flexibility index (Phi) is 30.7. The van der Waals surface area contributed by atoms with Crippen molar-refractivity contribution in [2.24, 2.45) is 0 Å². The third kappa shape index (κ3) is 22.2.